The molecule has 6 nitrogen and oxygen atoms in total. The van der Waals surface area contributed by atoms with Gasteiger partial charge in [0.1, 0.15) is 0 Å². The van der Waals surface area contributed by atoms with Gasteiger partial charge in [-0.1, -0.05) is 0 Å². The van der Waals surface area contributed by atoms with Crippen molar-refractivity contribution in [2.24, 2.45) is 5.92 Å². The number of aliphatic hydroxyl groups excluding tert-OH is 1. The molecule has 1 fully saturated rings. The van der Waals surface area contributed by atoms with E-state index in [-0.39, 0.29) is 12.5 Å². The van der Waals surface area contributed by atoms with Gasteiger partial charge in [0.05, 0.1) is 0 Å². The SMILES string of the molecule is CNC(=O)c1ccc(N2CCC(CO)CC2)nn1. The zero-order valence-electron chi connectivity index (χ0n) is 10.5. The Labute approximate surface area is 106 Å². The summed E-state index contributed by atoms with van der Waals surface area (Å²) in [6.07, 6.45) is 1.94. The second-order valence-corrected chi connectivity index (χ2v) is 4.47. The number of piperidine rings is 1. The number of amides is 1. The van der Waals surface area contributed by atoms with Crippen LogP contribution in [0, 0.1) is 5.92 Å². The lowest BCUT2D eigenvalue weighted by Crippen LogP contribution is -2.35. The minimum Gasteiger partial charge on any atom is -0.396 e. The second-order valence-electron chi connectivity index (χ2n) is 4.47. The van der Waals surface area contributed by atoms with Gasteiger partial charge in [-0.3, -0.25) is 4.79 Å². The summed E-state index contributed by atoms with van der Waals surface area (Å²) >= 11 is 0. The first-order chi connectivity index (χ1) is 8.74. The van der Waals surface area contributed by atoms with Crippen LogP contribution in [0.3, 0.4) is 0 Å². The Balaban J connectivity index is 2.00. The summed E-state index contributed by atoms with van der Waals surface area (Å²) in [5.41, 5.74) is 0.325. The van der Waals surface area contributed by atoms with Crippen LogP contribution in [0.1, 0.15) is 23.3 Å². The molecule has 0 bridgehead atoms. The van der Waals surface area contributed by atoms with Crippen molar-refractivity contribution >= 4 is 11.7 Å². The number of hydrogen-bond acceptors (Lipinski definition) is 5. The van der Waals surface area contributed by atoms with E-state index in [4.69, 9.17) is 5.11 Å². The van der Waals surface area contributed by atoms with E-state index in [1.54, 1.807) is 13.1 Å². The molecular weight excluding hydrogens is 232 g/mol. The molecule has 6 heteroatoms. The molecule has 0 saturated carbocycles. The zero-order chi connectivity index (χ0) is 13.0. The monoisotopic (exact) mass is 250 g/mol. The highest BCUT2D eigenvalue weighted by molar-refractivity contribution is 5.91. The molecule has 0 aromatic carbocycles. The molecule has 2 rings (SSSR count). The van der Waals surface area contributed by atoms with Crippen LogP contribution >= 0.6 is 0 Å². The lowest BCUT2D eigenvalue weighted by Gasteiger charge is -2.31. The van der Waals surface area contributed by atoms with Gasteiger partial charge in [-0.05, 0) is 30.9 Å². The number of carbonyl (C=O) groups excluding carboxylic acids is 1. The number of hydrogen-bond donors (Lipinski definition) is 2. The maximum Gasteiger partial charge on any atom is 0.271 e. The summed E-state index contributed by atoms with van der Waals surface area (Å²) < 4.78 is 0. The molecule has 0 atom stereocenters. The third-order valence-corrected chi connectivity index (χ3v) is 3.31. The van der Waals surface area contributed by atoms with E-state index in [9.17, 15) is 4.79 Å². The summed E-state index contributed by atoms with van der Waals surface area (Å²) in [6, 6.07) is 3.50. The topological polar surface area (TPSA) is 78.4 Å². The average Bonchev–Trinajstić information content (AvgIpc) is 2.47. The maximum absolute atomic E-state index is 11.3. The Bertz CT molecular complexity index is 399. The number of nitrogens with one attached hydrogen (secondary N) is 1. The predicted octanol–water partition coefficient (Wildman–Crippen LogP) is 0.0449. The van der Waals surface area contributed by atoms with Crippen LogP contribution in [0.25, 0.3) is 0 Å². The number of carbonyl (C=O) groups is 1. The Morgan fingerprint density at radius 3 is 2.67 bits per heavy atom. The van der Waals surface area contributed by atoms with Gasteiger partial charge < -0.3 is 15.3 Å². The van der Waals surface area contributed by atoms with Gasteiger partial charge in [-0.25, -0.2) is 0 Å². The molecule has 0 aliphatic carbocycles. The van der Waals surface area contributed by atoms with Crippen LogP contribution in [-0.4, -0.2) is 48.0 Å². The molecule has 0 unspecified atom stereocenters. The van der Waals surface area contributed by atoms with Crippen molar-refractivity contribution < 1.29 is 9.90 Å². The molecule has 98 valence electrons. The predicted molar refractivity (Wildman–Crippen MR) is 67.4 cm³/mol. The highest BCUT2D eigenvalue weighted by Gasteiger charge is 2.19. The molecule has 2 N–H and O–H groups in total. The van der Waals surface area contributed by atoms with Crippen molar-refractivity contribution in [3.8, 4) is 0 Å². The van der Waals surface area contributed by atoms with Gasteiger partial charge in [0.2, 0.25) is 0 Å². The van der Waals surface area contributed by atoms with Crippen LogP contribution in [0.5, 0.6) is 0 Å². The van der Waals surface area contributed by atoms with E-state index < -0.39 is 0 Å². The summed E-state index contributed by atoms with van der Waals surface area (Å²) in [5, 5.41) is 19.6. The van der Waals surface area contributed by atoms with Crippen molar-refractivity contribution in [1.82, 2.24) is 15.5 Å². The van der Waals surface area contributed by atoms with Crippen molar-refractivity contribution in [3.63, 3.8) is 0 Å². The number of rotatable bonds is 3. The average molecular weight is 250 g/mol. The molecule has 0 radical (unpaired) electrons. The minimum atomic E-state index is -0.229. The molecule has 1 amide bonds. The zero-order valence-corrected chi connectivity index (χ0v) is 10.5. The fourth-order valence-electron chi connectivity index (χ4n) is 2.09. The summed E-state index contributed by atoms with van der Waals surface area (Å²) in [5.74, 6) is 0.964. The quantitative estimate of drug-likeness (QED) is 0.792. The van der Waals surface area contributed by atoms with E-state index in [0.717, 1.165) is 31.7 Å². The minimum absolute atomic E-state index is 0.229. The highest BCUT2D eigenvalue weighted by Crippen LogP contribution is 2.20. The van der Waals surface area contributed by atoms with Gasteiger partial charge in [-0.2, -0.15) is 0 Å². The normalized spacial score (nSPS) is 16.7. The van der Waals surface area contributed by atoms with E-state index in [0.29, 0.717) is 11.6 Å². The Morgan fingerprint density at radius 2 is 2.17 bits per heavy atom. The van der Waals surface area contributed by atoms with Crippen LogP contribution in [0.4, 0.5) is 5.82 Å². The van der Waals surface area contributed by atoms with Crippen molar-refractivity contribution in [2.45, 2.75) is 12.8 Å². The summed E-state index contributed by atoms with van der Waals surface area (Å²) in [6.45, 7) is 2.01. The number of anilines is 1. The maximum atomic E-state index is 11.3. The number of nitrogens with zero attached hydrogens (tertiary/aromatic N) is 3. The number of aromatic nitrogens is 2. The molecule has 1 aromatic heterocycles. The molecule has 18 heavy (non-hydrogen) atoms. The second kappa shape index (κ2) is 5.77. The largest absolute Gasteiger partial charge is 0.396 e. The Hall–Kier alpha value is -1.69. The standard InChI is InChI=1S/C12H18N4O2/c1-13-12(18)10-2-3-11(15-14-10)16-6-4-9(8-17)5-7-16/h2-3,9,17H,4-8H2,1H3,(H,13,18). The van der Waals surface area contributed by atoms with E-state index in [1.165, 1.54) is 0 Å². The van der Waals surface area contributed by atoms with Crippen molar-refractivity contribution in [3.05, 3.63) is 17.8 Å². The van der Waals surface area contributed by atoms with E-state index in [2.05, 4.69) is 20.4 Å². The summed E-state index contributed by atoms with van der Waals surface area (Å²) in [4.78, 5) is 13.5. The summed E-state index contributed by atoms with van der Waals surface area (Å²) in [7, 11) is 1.57. The Morgan fingerprint density at radius 1 is 1.44 bits per heavy atom. The van der Waals surface area contributed by atoms with Crippen LogP contribution in [0.2, 0.25) is 0 Å². The third-order valence-electron chi connectivity index (χ3n) is 3.31. The van der Waals surface area contributed by atoms with Crippen LogP contribution in [-0.2, 0) is 0 Å². The van der Waals surface area contributed by atoms with Gasteiger partial charge in [-0.15, -0.1) is 10.2 Å². The molecule has 1 aliphatic rings. The molecule has 1 saturated heterocycles. The van der Waals surface area contributed by atoms with E-state index >= 15 is 0 Å². The van der Waals surface area contributed by atoms with Gasteiger partial charge in [0, 0.05) is 26.7 Å². The van der Waals surface area contributed by atoms with Crippen LogP contribution in [0.15, 0.2) is 12.1 Å². The fourth-order valence-corrected chi connectivity index (χ4v) is 2.09. The molecular formula is C12H18N4O2. The lowest BCUT2D eigenvalue weighted by atomic mass is 9.98. The molecule has 1 aromatic rings. The van der Waals surface area contributed by atoms with E-state index in [1.807, 2.05) is 6.07 Å². The van der Waals surface area contributed by atoms with Crippen LogP contribution < -0.4 is 10.2 Å². The smallest absolute Gasteiger partial charge is 0.271 e. The van der Waals surface area contributed by atoms with Gasteiger partial charge in [0.25, 0.3) is 5.91 Å². The first kappa shape index (κ1) is 12.8. The lowest BCUT2D eigenvalue weighted by molar-refractivity contribution is 0.0957. The third kappa shape index (κ3) is 2.76. The molecule has 2 heterocycles. The van der Waals surface area contributed by atoms with Gasteiger partial charge in [0.15, 0.2) is 11.5 Å². The first-order valence-corrected chi connectivity index (χ1v) is 6.16. The highest BCUT2D eigenvalue weighted by atomic mass is 16.3. The molecule has 0 spiro atoms. The number of aliphatic hydroxyl groups is 1. The van der Waals surface area contributed by atoms with Crippen molar-refractivity contribution in [2.75, 3.05) is 31.6 Å². The fraction of sp³-hybridized carbons (Fsp3) is 0.583. The Kier molecular flexibility index (Phi) is 4.09. The van der Waals surface area contributed by atoms with Gasteiger partial charge >= 0.3 is 0 Å². The molecule has 1 aliphatic heterocycles. The first-order valence-electron chi connectivity index (χ1n) is 6.16. The van der Waals surface area contributed by atoms with Crippen molar-refractivity contribution in [1.29, 1.82) is 0 Å².